The number of benzene rings is 2. The Bertz CT molecular complexity index is 904. The van der Waals surface area contributed by atoms with Crippen molar-refractivity contribution in [3.05, 3.63) is 81.1 Å². The van der Waals surface area contributed by atoms with E-state index in [1.165, 1.54) is 6.33 Å². The van der Waals surface area contributed by atoms with Gasteiger partial charge in [-0.1, -0.05) is 46.3 Å². The fourth-order valence-electron chi connectivity index (χ4n) is 2.41. The second-order valence-corrected chi connectivity index (χ2v) is 6.42. The van der Waals surface area contributed by atoms with Crippen LogP contribution in [0.4, 0.5) is 11.5 Å². The molecule has 1 aromatic heterocycles. The van der Waals surface area contributed by atoms with Crippen molar-refractivity contribution < 1.29 is 9.66 Å². The fourth-order valence-corrected chi connectivity index (χ4v) is 2.68. The summed E-state index contributed by atoms with van der Waals surface area (Å²) >= 11 is 3.33. The van der Waals surface area contributed by atoms with Crippen molar-refractivity contribution in [2.24, 2.45) is 0 Å². The van der Waals surface area contributed by atoms with Gasteiger partial charge >= 0.3 is 11.6 Å². The van der Waals surface area contributed by atoms with Crippen molar-refractivity contribution in [3.8, 4) is 11.6 Å². The predicted molar refractivity (Wildman–Crippen MR) is 101 cm³/mol. The Morgan fingerprint density at radius 2 is 1.81 bits per heavy atom. The lowest BCUT2D eigenvalue weighted by Crippen LogP contribution is -2.19. The van der Waals surface area contributed by atoms with Gasteiger partial charge in [0.2, 0.25) is 5.82 Å². The zero-order valence-electron chi connectivity index (χ0n) is 13.9. The van der Waals surface area contributed by atoms with Crippen LogP contribution in [0.1, 0.15) is 5.56 Å². The predicted octanol–water partition coefficient (Wildman–Crippen LogP) is 4.58. The van der Waals surface area contributed by atoms with E-state index in [1.54, 1.807) is 36.2 Å². The van der Waals surface area contributed by atoms with E-state index in [9.17, 15) is 10.1 Å². The highest BCUT2D eigenvalue weighted by Crippen LogP contribution is 2.36. The molecule has 0 amide bonds. The second kappa shape index (κ2) is 7.92. The molecular weight excluding hydrogens is 400 g/mol. The monoisotopic (exact) mass is 414 g/mol. The lowest BCUT2D eigenvalue weighted by molar-refractivity contribution is -0.385. The largest absolute Gasteiger partial charge is 0.434 e. The van der Waals surface area contributed by atoms with Gasteiger partial charge in [0, 0.05) is 18.1 Å². The standard InChI is InChI=1S/C18H15BrN4O3/c1-22(11-13-5-3-2-4-6-13)17-16(23(24)25)18(21-12-20-17)26-15-9-7-14(19)8-10-15/h2-10,12H,11H2,1H3. The van der Waals surface area contributed by atoms with Crippen LogP contribution in [0.5, 0.6) is 11.6 Å². The van der Waals surface area contributed by atoms with Gasteiger partial charge in [-0.3, -0.25) is 10.1 Å². The van der Waals surface area contributed by atoms with E-state index < -0.39 is 4.92 Å². The van der Waals surface area contributed by atoms with Crippen molar-refractivity contribution in [1.82, 2.24) is 9.97 Å². The van der Waals surface area contributed by atoms with E-state index in [4.69, 9.17) is 4.74 Å². The minimum absolute atomic E-state index is 0.0952. The van der Waals surface area contributed by atoms with Crippen LogP contribution in [0.15, 0.2) is 65.4 Å². The van der Waals surface area contributed by atoms with Gasteiger partial charge in [0.1, 0.15) is 12.1 Å². The topological polar surface area (TPSA) is 81.4 Å². The lowest BCUT2D eigenvalue weighted by Gasteiger charge is -2.18. The number of aromatic nitrogens is 2. The second-order valence-electron chi connectivity index (χ2n) is 5.51. The van der Waals surface area contributed by atoms with E-state index in [1.807, 2.05) is 30.3 Å². The van der Waals surface area contributed by atoms with Crippen LogP contribution < -0.4 is 9.64 Å². The van der Waals surface area contributed by atoms with Gasteiger partial charge in [0.05, 0.1) is 4.92 Å². The van der Waals surface area contributed by atoms with Crippen LogP contribution in [-0.4, -0.2) is 21.9 Å². The van der Waals surface area contributed by atoms with Crippen LogP contribution in [-0.2, 0) is 6.54 Å². The van der Waals surface area contributed by atoms with Gasteiger partial charge in [0.25, 0.3) is 0 Å². The summed E-state index contributed by atoms with van der Waals surface area (Å²) in [5.74, 6) is 0.551. The Kier molecular flexibility index (Phi) is 5.43. The molecule has 0 fully saturated rings. The number of rotatable bonds is 6. The van der Waals surface area contributed by atoms with E-state index in [0.717, 1.165) is 10.0 Å². The van der Waals surface area contributed by atoms with Gasteiger partial charge < -0.3 is 9.64 Å². The summed E-state index contributed by atoms with van der Waals surface area (Å²) in [6.07, 6.45) is 1.26. The number of ether oxygens (including phenoxy) is 1. The summed E-state index contributed by atoms with van der Waals surface area (Å²) in [6.45, 7) is 0.469. The number of hydrogen-bond donors (Lipinski definition) is 0. The fraction of sp³-hybridized carbons (Fsp3) is 0.111. The van der Waals surface area contributed by atoms with Crippen LogP contribution in [0.3, 0.4) is 0 Å². The van der Waals surface area contributed by atoms with Gasteiger partial charge in [-0.2, -0.15) is 4.98 Å². The van der Waals surface area contributed by atoms with Crippen molar-refractivity contribution >= 4 is 27.4 Å². The lowest BCUT2D eigenvalue weighted by atomic mass is 10.2. The maximum absolute atomic E-state index is 11.7. The summed E-state index contributed by atoms with van der Waals surface area (Å²) in [5, 5.41) is 11.7. The molecular formula is C18H15BrN4O3. The number of nitro groups is 1. The van der Waals surface area contributed by atoms with Crippen LogP contribution in [0.2, 0.25) is 0 Å². The van der Waals surface area contributed by atoms with E-state index in [2.05, 4.69) is 25.9 Å². The number of anilines is 1. The molecule has 3 rings (SSSR count). The highest BCUT2D eigenvalue weighted by Gasteiger charge is 2.27. The van der Waals surface area contributed by atoms with Crippen molar-refractivity contribution in [3.63, 3.8) is 0 Å². The molecule has 0 unspecified atom stereocenters. The zero-order chi connectivity index (χ0) is 18.5. The molecule has 0 saturated carbocycles. The summed E-state index contributed by atoms with van der Waals surface area (Å²) in [4.78, 5) is 20.9. The smallest absolute Gasteiger partial charge is 0.373 e. The third-order valence-electron chi connectivity index (χ3n) is 3.60. The molecule has 2 aromatic carbocycles. The molecule has 26 heavy (non-hydrogen) atoms. The Labute approximate surface area is 158 Å². The molecule has 0 saturated heterocycles. The minimum atomic E-state index is -0.523. The average molecular weight is 415 g/mol. The van der Waals surface area contributed by atoms with Gasteiger partial charge in [-0.05, 0) is 29.8 Å². The van der Waals surface area contributed by atoms with Crippen LogP contribution >= 0.6 is 15.9 Å². The first-order valence-electron chi connectivity index (χ1n) is 7.72. The van der Waals surface area contributed by atoms with Gasteiger partial charge in [-0.25, -0.2) is 4.98 Å². The molecule has 3 aromatic rings. The Hall–Kier alpha value is -3.00. The zero-order valence-corrected chi connectivity index (χ0v) is 15.5. The first kappa shape index (κ1) is 17.8. The molecule has 7 nitrogen and oxygen atoms in total. The molecule has 132 valence electrons. The molecule has 8 heteroatoms. The number of halogens is 1. The molecule has 0 aliphatic carbocycles. The quantitative estimate of drug-likeness (QED) is 0.433. The Morgan fingerprint density at radius 1 is 1.12 bits per heavy atom. The highest BCUT2D eigenvalue weighted by molar-refractivity contribution is 9.10. The average Bonchev–Trinajstić information content (AvgIpc) is 2.64. The normalized spacial score (nSPS) is 10.4. The molecule has 0 aliphatic rings. The first-order valence-corrected chi connectivity index (χ1v) is 8.52. The SMILES string of the molecule is CN(Cc1ccccc1)c1ncnc(Oc2ccc(Br)cc2)c1[N+](=O)[O-]. The molecule has 0 aliphatic heterocycles. The molecule has 0 N–H and O–H groups in total. The van der Waals surface area contributed by atoms with E-state index in [0.29, 0.717) is 12.3 Å². The van der Waals surface area contributed by atoms with E-state index in [-0.39, 0.29) is 17.4 Å². The number of hydrogen-bond acceptors (Lipinski definition) is 6. The summed E-state index contributed by atoms with van der Waals surface area (Å²) in [5.41, 5.74) is 0.743. The van der Waals surface area contributed by atoms with Crippen LogP contribution in [0.25, 0.3) is 0 Å². The highest BCUT2D eigenvalue weighted by atomic mass is 79.9. The van der Waals surface area contributed by atoms with Crippen molar-refractivity contribution in [1.29, 1.82) is 0 Å². The molecule has 0 bridgehead atoms. The van der Waals surface area contributed by atoms with Gasteiger partial charge in [0.15, 0.2) is 0 Å². The number of nitrogens with zero attached hydrogens (tertiary/aromatic N) is 4. The molecule has 1 heterocycles. The Morgan fingerprint density at radius 3 is 2.46 bits per heavy atom. The van der Waals surface area contributed by atoms with Gasteiger partial charge in [-0.15, -0.1) is 0 Å². The Balaban J connectivity index is 1.93. The first-order chi connectivity index (χ1) is 12.5. The van der Waals surface area contributed by atoms with Crippen molar-refractivity contribution in [2.75, 3.05) is 11.9 Å². The summed E-state index contributed by atoms with van der Waals surface area (Å²) in [7, 11) is 1.74. The minimum Gasteiger partial charge on any atom is -0.434 e. The maximum Gasteiger partial charge on any atom is 0.373 e. The third kappa shape index (κ3) is 4.15. The molecule has 0 spiro atoms. The van der Waals surface area contributed by atoms with Crippen molar-refractivity contribution in [2.45, 2.75) is 6.54 Å². The maximum atomic E-state index is 11.7. The molecule has 0 radical (unpaired) electrons. The third-order valence-corrected chi connectivity index (χ3v) is 4.13. The summed E-state index contributed by atoms with van der Waals surface area (Å²) in [6, 6.07) is 16.6. The van der Waals surface area contributed by atoms with E-state index >= 15 is 0 Å². The molecule has 0 atom stereocenters. The summed E-state index contributed by atoms with van der Waals surface area (Å²) < 4.78 is 6.51. The van der Waals surface area contributed by atoms with Crippen LogP contribution in [0, 0.1) is 10.1 Å².